The standard InChI is InChI=1S/C18H20.C2H6/c1-14(2)8-4-5-9-16-12-13-17-10-6-7-11-18(17)15(16)3;1-2/h4-7,9-14H,3,8H2,1-2H3;1-2H3/b5-4-,16-9-;. The lowest BCUT2D eigenvalue weighted by Crippen LogP contribution is -2.22. The van der Waals surface area contributed by atoms with Crippen molar-refractivity contribution in [3.05, 3.63) is 59.0 Å². The van der Waals surface area contributed by atoms with Crippen LogP contribution < -0.4 is 10.4 Å². The molecular weight excluding hydrogens is 240 g/mol. The van der Waals surface area contributed by atoms with E-state index in [1.807, 2.05) is 13.8 Å². The van der Waals surface area contributed by atoms with Crippen molar-refractivity contribution in [2.75, 3.05) is 0 Å². The Balaban J connectivity index is 0.000000956. The summed E-state index contributed by atoms with van der Waals surface area (Å²) in [6.07, 6.45) is 7.63. The third kappa shape index (κ3) is 4.38. The molecule has 0 aromatic heterocycles. The zero-order valence-electron chi connectivity index (χ0n) is 13.2. The van der Waals surface area contributed by atoms with Crippen LogP contribution >= 0.6 is 0 Å². The van der Waals surface area contributed by atoms with E-state index >= 15 is 0 Å². The highest BCUT2D eigenvalue weighted by molar-refractivity contribution is 5.83. The van der Waals surface area contributed by atoms with E-state index in [0.717, 1.165) is 11.6 Å². The van der Waals surface area contributed by atoms with Gasteiger partial charge in [0.25, 0.3) is 0 Å². The molecule has 0 radical (unpaired) electrons. The normalized spacial score (nSPS) is 11.9. The molecule has 2 aromatic carbocycles. The van der Waals surface area contributed by atoms with Crippen LogP contribution in [0, 0.1) is 5.92 Å². The van der Waals surface area contributed by atoms with E-state index in [2.05, 4.69) is 75.1 Å². The van der Waals surface area contributed by atoms with Crippen LogP contribution in [-0.4, -0.2) is 0 Å². The van der Waals surface area contributed by atoms with Crippen molar-refractivity contribution in [2.24, 2.45) is 5.92 Å². The van der Waals surface area contributed by atoms with Gasteiger partial charge in [0.15, 0.2) is 0 Å². The molecule has 2 aromatic rings. The SMILES string of the molecule is C=c1/c(=C\C=C/CC(C)C)ccc2ccccc12.CC. The second-order valence-corrected chi connectivity index (χ2v) is 5.08. The maximum absolute atomic E-state index is 4.20. The van der Waals surface area contributed by atoms with E-state index in [4.69, 9.17) is 0 Å². The highest BCUT2D eigenvalue weighted by atomic mass is 14.0. The molecular formula is C20H26. The van der Waals surface area contributed by atoms with Crippen molar-refractivity contribution in [1.82, 2.24) is 0 Å². The van der Waals surface area contributed by atoms with Crippen LogP contribution in [-0.2, 0) is 0 Å². The fraction of sp³-hybridized carbons (Fsp3) is 0.300. The minimum absolute atomic E-state index is 0.713. The molecule has 0 N–H and O–H groups in total. The molecule has 106 valence electrons. The Kier molecular flexibility index (Phi) is 6.79. The van der Waals surface area contributed by atoms with Gasteiger partial charge in [-0.05, 0) is 33.5 Å². The van der Waals surface area contributed by atoms with Crippen molar-refractivity contribution in [2.45, 2.75) is 34.1 Å². The van der Waals surface area contributed by atoms with E-state index in [-0.39, 0.29) is 0 Å². The molecule has 0 heterocycles. The summed E-state index contributed by atoms with van der Waals surface area (Å²) in [5.41, 5.74) is 0. The van der Waals surface area contributed by atoms with E-state index in [1.165, 1.54) is 16.0 Å². The van der Waals surface area contributed by atoms with Crippen molar-refractivity contribution < 1.29 is 0 Å². The third-order valence-electron chi connectivity index (χ3n) is 3.10. The Hall–Kier alpha value is -1.82. The lowest BCUT2D eigenvalue weighted by Gasteiger charge is -1.98. The summed E-state index contributed by atoms with van der Waals surface area (Å²) in [6, 6.07) is 12.7. The minimum Gasteiger partial charge on any atom is -0.0905 e. The fourth-order valence-corrected chi connectivity index (χ4v) is 2.03. The van der Waals surface area contributed by atoms with Gasteiger partial charge in [-0.3, -0.25) is 0 Å². The first kappa shape index (κ1) is 16.2. The van der Waals surface area contributed by atoms with Gasteiger partial charge < -0.3 is 0 Å². The number of rotatable bonds is 3. The molecule has 0 aliphatic rings. The van der Waals surface area contributed by atoms with Crippen LogP contribution in [0.25, 0.3) is 23.4 Å². The predicted octanol–water partition coefficient (Wildman–Crippen LogP) is 4.66. The van der Waals surface area contributed by atoms with Crippen LogP contribution in [0.3, 0.4) is 0 Å². The summed E-state index contributed by atoms with van der Waals surface area (Å²) < 4.78 is 0. The summed E-state index contributed by atoms with van der Waals surface area (Å²) in [4.78, 5) is 0. The second kappa shape index (κ2) is 8.37. The molecule has 20 heavy (non-hydrogen) atoms. The third-order valence-corrected chi connectivity index (χ3v) is 3.10. The largest absolute Gasteiger partial charge is 0.0905 e. The van der Waals surface area contributed by atoms with Crippen LogP contribution in [0.1, 0.15) is 34.1 Å². The molecule has 0 fully saturated rings. The molecule has 0 bridgehead atoms. The summed E-state index contributed by atoms with van der Waals surface area (Å²) >= 11 is 0. The van der Waals surface area contributed by atoms with Crippen molar-refractivity contribution in [1.29, 1.82) is 0 Å². The fourth-order valence-electron chi connectivity index (χ4n) is 2.03. The molecule has 0 aliphatic heterocycles. The van der Waals surface area contributed by atoms with Crippen LogP contribution in [0.2, 0.25) is 0 Å². The Labute approximate surface area is 123 Å². The molecule has 2 rings (SSSR count). The Bertz CT molecular complexity index is 660. The smallest absolute Gasteiger partial charge is 0.0111 e. The average Bonchev–Trinajstić information content (AvgIpc) is 2.48. The average molecular weight is 266 g/mol. The van der Waals surface area contributed by atoms with Gasteiger partial charge in [-0.2, -0.15) is 0 Å². The monoisotopic (exact) mass is 266 g/mol. The van der Waals surface area contributed by atoms with Crippen LogP contribution in [0.15, 0.2) is 48.6 Å². The molecule has 0 spiro atoms. The van der Waals surface area contributed by atoms with Crippen molar-refractivity contribution in [3.8, 4) is 0 Å². The number of hydrogen-bond acceptors (Lipinski definition) is 0. The van der Waals surface area contributed by atoms with E-state index < -0.39 is 0 Å². The summed E-state index contributed by atoms with van der Waals surface area (Å²) in [6.45, 7) is 12.7. The summed E-state index contributed by atoms with van der Waals surface area (Å²) in [5, 5.41) is 4.81. The Morgan fingerprint density at radius 1 is 1.05 bits per heavy atom. The molecule has 0 unspecified atom stereocenters. The van der Waals surface area contributed by atoms with E-state index in [0.29, 0.717) is 5.92 Å². The van der Waals surface area contributed by atoms with Gasteiger partial charge in [0.05, 0.1) is 0 Å². The highest BCUT2D eigenvalue weighted by Gasteiger charge is 1.92. The molecule has 0 saturated heterocycles. The van der Waals surface area contributed by atoms with E-state index in [1.54, 1.807) is 0 Å². The van der Waals surface area contributed by atoms with Gasteiger partial charge in [0.1, 0.15) is 0 Å². The number of hydrogen-bond donors (Lipinski definition) is 0. The minimum atomic E-state index is 0.713. The Morgan fingerprint density at radius 2 is 1.75 bits per heavy atom. The second-order valence-electron chi connectivity index (χ2n) is 5.08. The predicted molar refractivity (Wildman–Crippen MR) is 93.1 cm³/mol. The summed E-state index contributed by atoms with van der Waals surface area (Å²) in [5.74, 6) is 0.713. The van der Waals surface area contributed by atoms with Gasteiger partial charge >= 0.3 is 0 Å². The van der Waals surface area contributed by atoms with Gasteiger partial charge in [-0.15, -0.1) is 0 Å². The van der Waals surface area contributed by atoms with Crippen molar-refractivity contribution in [3.63, 3.8) is 0 Å². The molecule has 0 saturated carbocycles. The molecule has 0 amide bonds. The lowest BCUT2D eigenvalue weighted by atomic mass is 10.1. The number of fused-ring (bicyclic) bond motifs is 1. The van der Waals surface area contributed by atoms with Gasteiger partial charge in [-0.1, -0.05) is 88.9 Å². The lowest BCUT2D eigenvalue weighted by molar-refractivity contribution is 0.664. The summed E-state index contributed by atoms with van der Waals surface area (Å²) in [7, 11) is 0. The first-order valence-corrected chi connectivity index (χ1v) is 7.52. The molecule has 0 aliphatic carbocycles. The van der Waals surface area contributed by atoms with Gasteiger partial charge in [-0.25, -0.2) is 0 Å². The van der Waals surface area contributed by atoms with Crippen molar-refractivity contribution >= 4 is 23.4 Å². The first-order valence-electron chi connectivity index (χ1n) is 7.52. The quantitative estimate of drug-likeness (QED) is 0.758. The zero-order chi connectivity index (χ0) is 15.0. The zero-order valence-corrected chi connectivity index (χ0v) is 13.2. The highest BCUT2D eigenvalue weighted by Crippen LogP contribution is 2.06. The number of allylic oxidation sites excluding steroid dienone is 2. The molecule has 0 heteroatoms. The van der Waals surface area contributed by atoms with Crippen LogP contribution in [0.4, 0.5) is 0 Å². The van der Waals surface area contributed by atoms with E-state index in [9.17, 15) is 0 Å². The molecule has 0 nitrogen and oxygen atoms in total. The topological polar surface area (TPSA) is 0 Å². The maximum atomic E-state index is 4.20. The van der Waals surface area contributed by atoms with Crippen LogP contribution in [0.5, 0.6) is 0 Å². The number of benzene rings is 2. The molecule has 0 atom stereocenters. The van der Waals surface area contributed by atoms with Gasteiger partial charge in [0.2, 0.25) is 0 Å². The Morgan fingerprint density at radius 3 is 2.45 bits per heavy atom. The van der Waals surface area contributed by atoms with Gasteiger partial charge in [0, 0.05) is 0 Å². The first-order chi connectivity index (χ1) is 9.68. The maximum Gasteiger partial charge on any atom is -0.0111 e.